The van der Waals surface area contributed by atoms with Crippen LogP contribution in [0.4, 0.5) is 0 Å². The summed E-state index contributed by atoms with van der Waals surface area (Å²) in [7, 11) is 0. The fourth-order valence-corrected chi connectivity index (χ4v) is 2.20. The molecule has 0 N–H and O–H groups in total. The van der Waals surface area contributed by atoms with Crippen molar-refractivity contribution in [3.05, 3.63) is 0 Å². The number of likely N-dealkylation sites (tertiary alicyclic amines) is 1. The Morgan fingerprint density at radius 3 is 2.50 bits per heavy atom. The third kappa shape index (κ3) is 2.01. The topological polar surface area (TPSA) is 3.24 Å². The maximum atomic E-state index is 2.68. The minimum atomic E-state index is 0.417. The molecule has 0 amide bonds. The largest absolute Gasteiger partial charge is 0.296 e. The van der Waals surface area contributed by atoms with Gasteiger partial charge in [0.05, 0.1) is 0 Å². The Kier molecular flexibility index (Phi) is 3.16. The zero-order valence-electron chi connectivity index (χ0n) is 9.06. The average molecular weight is 169 g/mol. The quantitative estimate of drug-likeness (QED) is 0.614. The van der Waals surface area contributed by atoms with Crippen molar-refractivity contribution in [3.63, 3.8) is 0 Å². The van der Waals surface area contributed by atoms with Gasteiger partial charge in [0.2, 0.25) is 0 Å². The third-order valence-corrected chi connectivity index (χ3v) is 3.45. The molecule has 1 rings (SSSR count). The van der Waals surface area contributed by atoms with Gasteiger partial charge in [0.1, 0.15) is 0 Å². The molecule has 0 bridgehead atoms. The number of rotatable bonds is 2. The van der Waals surface area contributed by atoms with E-state index >= 15 is 0 Å². The van der Waals surface area contributed by atoms with Gasteiger partial charge in [-0.1, -0.05) is 13.3 Å². The van der Waals surface area contributed by atoms with Crippen LogP contribution in [0.25, 0.3) is 0 Å². The van der Waals surface area contributed by atoms with E-state index in [0.717, 1.165) is 6.04 Å². The molecule has 0 aliphatic carbocycles. The molecular weight excluding hydrogens is 146 g/mol. The summed E-state index contributed by atoms with van der Waals surface area (Å²) >= 11 is 0. The summed E-state index contributed by atoms with van der Waals surface area (Å²) in [4.78, 5) is 2.68. The Balaban J connectivity index is 2.58. The lowest BCUT2D eigenvalue weighted by atomic mass is 9.92. The molecule has 12 heavy (non-hydrogen) atoms. The summed E-state index contributed by atoms with van der Waals surface area (Å²) in [6.07, 6.45) is 5.48. The van der Waals surface area contributed by atoms with Crippen molar-refractivity contribution in [2.24, 2.45) is 0 Å². The second-order valence-corrected chi connectivity index (χ2v) is 4.70. The highest BCUT2D eigenvalue weighted by molar-refractivity contribution is 4.86. The zero-order chi connectivity index (χ0) is 9.19. The third-order valence-electron chi connectivity index (χ3n) is 3.45. The molecule has 1 atom stereocenters. The number of nitrogens with zero attached hydrogens (tertiary/aromatic N) is 1. The summed E-state index contributed by atoms with van der Waals surface area (Å²) in [5, 5.41) is 0. The SMILES string of the molecule is CCC(C)(C)N1CCCCC1C. The van der Waals surface area contributed by atoms with Crippen LogP contribution in [0.1, 0.15) is 53.4 Å². The van der Waals surface area contributed by atoms with Crippen LogP contribution in [0, 0.1) is 0 Å². The first-order chi connectivity index (χ1) is 5.58. The average Bonchev–Trinajstić information content (AvgIpc) is 2.05. The molecule has 1 saturated heterocycles. The van der Waals surface area contributed by atoms with Gasteiger partial charge in [-0.3, -0.25) is 4.90 Å². The van der Waals surface area contributed by atoms with E-state index in [0.29, 0.717) is 5.54 Å². The van der Waals surface area contributed by atoms with E-state index in [9.17, 15) is 0 Å². The van der Waals surface area contributed by atoms with Crippen LogP contribution in [0.3, 0.4) is 0 Å². The van der Waals surface area contributed by atoms with Crippen LogP contribution in [0.5, 0.6) is 0 Å². The lowest BCUT2D eigenvalue weighted by Crippen LogP contribution is -2.50. The van der Waals surface area contributed by atoms with Gasteiger partial charge in [-0.2, -0.15) is 0 Å². The van der Waals surface area contributed by atoms with Crippen molar-refractivity contribution in [2.45, 2.75) is 65.0 Å². The van der Waals surface area contributed by atoms with Gasteiger partial charge in [-0.05, 0) is 46.6 Å². The van der Waals surface area contributed by atoms with Crippen LogP contribution < -0.4 is 0 Å². The molecule has 0 aromatic carbocycles. The first-order valence-electron chi connectivity index (χ1n) is 5.34. The van der Waals surface area contributed by atoms with Crippen molar-refractivity contribution in [1.29, 1.82) is 0 Å². The minimum Gasteiger partial charge on any atom is -0.296 e. The minimum absolute atomic E-state index is 0.417. The second kappa shape index (κ2) is 3.78. The Morgan fingerprint density at radius 2 is 2.00 bits per heavy atom. The van der Waals surface area contributed by atoms with Crippen LogP contribution >= 0.6 is 0 Å². The van der Waals surface area contributed by atoms with Gasteiger partial charge in [-0.25, -0.2) is 0 Å². The van der Waals surface area contributed by atoms with Gasteiger partial charge in [0.15, 0.2) is 0 Å². The Morgan fingerprint density at radius 1 is 1.33 bits per heavy atom. The molecule has 0 radical (unpaired) electrons. The molecule has 0 saturated carbocycles. The lowest BCUT2D eigenvalue weighted by molar-refractivity contribution is 0.0459. The van der Waals surface area contributed by atoms with Gasteiger partial charge < -0.3 is 0 Å². The van der Waals surface area contributed by atoms with Crippen molar-refractivity contribution in [3.8, 4) is 0 Å². The molecule has 1 heterocycles. The van der Waals surface area contributed by atoms with E-state index in [-0.39, 0.29) is 0 Å². The first-order valence-corrected chi connectivity index (χ1v) is 5.34. The molecule has 0 aromatic heterocycles. The zero-order valence-corrected chi connectivity index (χ0v) is 9.06. The van der Waals surface area contributed by atoms with Crippen LogP contribution in [-0.2, 0) is 0 Å². The van der Waals surface area contributed by atoms with Crippen molar-refractivity contribution >= 4 is 0 Å². The smallest absolute Gasteiger partial charge is 0.0153 e. The van der Waals surface area contributed by atoms with Crippen molar-refractivity contribution in [1.82, 2.24) is 4.90 Å². The maximum Gasteiger partial charge on any atom is 0.0153 e. The Labute approximate surface area is 77.1 Å². The molecule has 1 aliphatic heterocycles. The van der Waals surface area contributed by atoms with Gasteiger partial charge in [0, 0.05) is 11.6 Å². The highest BCUT2D eigenvalue weighted by Gasteiger charge is 2.30. The van der Waals surface area contributed by atoms with Crippen LogP contribution in [-0.4, -0.2) is 23.0 Å². The van der Waals surface area contributed by atoms with E-state index < -0.39 is 0 Å². The normalized spacial score (nSPS) is 27.5. The highest BCUT2D eigenvalue weighted by atomic mass is 15.2. The molecule has 1 aliphatic rings. The lowest BCUT2D eigenvalue weighted by Gasteiger charge is -2.45. The number of hydrogen-bond donors (Lipinski definition) is 0. The van der Waals surface area contributed by atoms with Gasteiger partial charge in [0.25, 0.3) is 0 Å². The number of hydrogen-bond acceptors (Lipinski definition) is 1. The Bertz CT molecular complexity index is 140. The van der Waals surface area contributed by atoms with Crippen LogP contribution in [0.2, 0.25) is 0 Å². The van der Waals surface area contributed by atoms with E-state index in [4.69, 9.17) is 0 Å². The predicted octanol–water partition coefficient (Wildman–Crippen LogP) is 3.05. The van der Waals surface area contributed by atoms with E-state index in [1.165, 1.54) is 32.2 Å². The molecule has 1 heteroatoms. The molecular formula is C11H23N. The molecule has 1 fully saturated rings. The summed E-state index contributed by atoms with van der Waals surface area (Å²) in [6, 6.07) is 0.800. The Hall–Kier alpha value is -0.0400. The van der Waals surface area contributed by atoms with E-state index in [1.54, 1.807) is 0 Å². The van der Waals surface area contributed by atoms with Gasteiger partial charge >= 0.3 is 0 Å². The fourth-order valence-electron chi connectivity index (χ4n) is 2.20. The molecule has 1 nitrogen and oxygen atoms in total. The molecule has 1 unspecified atom stereocenters. The maximum absolute atomic E-state index is 2.68. The van der Waals surface area contributed by atoms with E-state index in [2.05, 4.69) is 32.6 Å². The second-order valence-electron chi connectivity index (χ2n) is 4.70. The first kappa shape index (κ1) is 10.0. The molecule has 72 valence electrons. The van der Waals surface area contributed by atoms with Crippen LogP contribution in [0.15, 0.2) is 0 Å². The fraction of sp³-hybridized carbons (Fsp3) is 1.00. The summed E-state index contributed by atoms with van der Waals surface area (Å²) in [5.41, 5.74) is 0.417. The van der Waals surface area contributed by atoms with Gasteiger partial charge in [-0.15, -0.1) is 0 Å². The predicted molar refractivity (Wildman–Crippen MR) is 54.4 cm³/mol. The molecule has 0 aromatic rings. The molecule has 0 spiro atoms. The summed E-state index contributed by atoms with van der Waals surface area (Å²) in [6.45, 7) is 10.7. The summed E-state index contributed by atoms with van der Waals surface area (Å²) < 4.78 is 0. The summed E-state index contributed by atoms with van der Waals surface area (Å²) in [5.74, 6) is 0. The highest BCUT2D eigenvalue weighted by Crippen LogP contribution is 2.27. The van der Waals surface area contributed by atoms with Crippen molar-refractivity contribution in [2.75, 3.05) is 6.54 Å². The standard InChI is InChI=1S/C11H23N/c1-5-11(3,4)12-9-7-6-8-10(12)2/h10H,5-9H2,1-4H3. The van der Waals surface area contributed by atoms with Crippen molar-refractivity contribution < 1.29 is 0 Å². The number of piperidine rings is 1. The monoisotopic (exact) mass is 169 g/mol. The van der Waals surface area contributed by atoms with E-state index in [1.807, 2.05) is 0 Å².